The summed E-state index contributed by atoms with van der Waals surface area (Å²) >= 11 is 0. The highest BCUT2D eigenvalue weighted by atomic mass is 16.5. The molecule has 0 unspecified atom stereocenters. The number of nitrogens with zero attached hydrogens (tertiary/aromatic N) is 3. The summed E-state index contributed by atoms with van der Waals surface area (Å²) in [6, 6.07) is 16.6. The summed E-state index contributed by atoms with van der Waals surface area (Å²) in [5.74, 6) is -0.623. The van der Waals surface area contributed by atoms with E-state index in [1.165, 1.54) is 19.4 Å². The number of esters is 1. The number of nitriles is 1. The van der Waals surface area contributed by atoms with Crippen molar-refractivity contribution in [3.8, 4) is 6.07 Å². The molecule has 3 rings (SSSR count). The third-order valence-electron chi connectivity index (χ3n) is 3.72. The van der Waals surface area contributed by atoms with Gasteiger partial charge in [-0.25, -0.2) is 14.8 Å². The van der Waals surface area contributed by atoms with E-state index in [9.17, 15) is 9.59 Å². The molecule has 138 valence electrons. The summed E-state index contributed by atoms with van der Waals surface area (Å²) in [6.07, 6.45) is 1.47. The Balaban J connectivity index is 1.69. The van der Waals surface area contributed by atoms with E-state index in [1.54, 1.807) is 48.5 Å². The summed E-state index contributed by atoms with van der Waals surface area (Å²) in [5, 5.41) is 14.5. The summed E-state index contributed by atoms with van der Waals surface area (Å²) < 4.78 is 4.64. The van der Waals surface area contributed by atoms with Gasteiger partial charge in [-0.3, -0.25) is 4.79 Å². The molecule has 0 aliphatic heterocycles. The van der Waals surface area contributed by atoms with Crippen LogP contribution in [0.15, 0.2) is 60.8 Å². The maximum absolute atomic E-state index is 12.4. The fraction of sp³-hybridized carbons (Fsp3) is 0.0500. The van der Waals surface area contributed by atoms with E-state index in [0.717, 1.165) is 0 Å². The topological polar surface area (TPSA) is 117 Å². The molecule has 0 bridgehead atoms. The van der Waals surface area contributed by atoms with Crippen LogP contribution in [0.5, 0.6) is 0 Å². The SMILES string of the molecule is COC(=O)c1ccc(NC(=O)c2ccnc(Nc3ccc(C#N)cc3)n2)cc1. The molecule has 0 aliphatic rings. The van der Waals surface area contributed by atoms with Crippen LogP contribution in [0.1, 0.15) is 26.4 Å². The first-order valence-corrected chi connectivity index (χ1v) is 8.19. The minimum atomic E-state index is -0.452. The number of ether oxygens (including phenoxy) is 1. The molecule has 1 heterocycles. The van der Waals surface area contributed by atoms with Gasteiger partial charge in [-0.15, -0.1) is 0 Å². The number of nitrogens with one attached hydrogen (secondary N) is 2. The van der Waals surface area contributed by atoms with Crippen molar-refractivity contribution in [1.29, 1.82) is 5.26 Å². The zero-order valence-electron chi connectivity index (χ0n) is 14.8. The normalized spacial score (nSPS) is 9.86. The molecule has 8 nitrogen and oxygen atoms in total. The number of rotatable bonds is 5. The Labute approximate surface area is 160 Å². The maximum atomic E-state index is 12.4. The Morgan fingerprint density at radius 2 is 1.68 bits per heavy atom. The molecule has 0 atom stereocenters. The van der Waals surface area contributed by atoms with E-state index in [1.807, 2.05) is 6.07 Å². The molecule has 28 heavy (non-hydrogen) atoms. The standard InChI is InChI=1S/C20H15N5O3/c1-28-19(27)14-4-8-15(9-5-14)23-18(26)17-10-11-22-20(25-17)24-16-6-2-13(12-21)3-7-16/h2-11H,1H3,(H,23,26)(H,22,24,25). The highest BCUT2D eigenvalue weighted by Gasteiger charge is 2.11. The number of anilines is 3. The molecule has 1 aromatic heterocycles. The summed E-state index contributed by atoms with van der Waals surface area (Å²) in [4.78, 5) is 32.1. The molecular formula is C20H15N5O3. The van der Waals surface area contributed by atoms with Gasteiger partial charge in [0.05, 0.1) is 24.3 Å². The molecule has 2 aromatic carbocycles. The van der Waals surface area contributed by atoms with E-state index in [-0.39, 0.29) is 11.6 Å². The number of methoxy groups -OCH3 is 1. The fourth-order valence-corrected chi connectivity index (χ4v) is 2.31. The van der Waals surface area contributed by atoms with Gasteiger partial charge >= 0.3 is 5.97 Å². The molecule has 1 amide bonds. The van der Waals surface area contributed by atoms with E-state index in [2.05, 4.69) is 25.3 Å². The second kappa shape index (κ2) is 8.42. The minimum absolute atomic E-state index is 0.170. The minimum Gasteiger partial charge on any atom is -0.465 e. The lowest BCUT2D eigenvalue weighted by Crippen LogP contribution is -2.15. The largest absolute Gasteiger partial charge is 0.465 e. The second-order valence-corrected chi connectivity index (χ2v) is 5.60. The van der Waals surface area contributed by atoms with Crippen molar-refractivity contribution in [2.75, 3.05) is 17.7 Å². The molecule has 3 aromatic rings. The first kappa shape index (κ1) is 18.5. The van der Waals surface area contributed by atoms with E-state index < -0.39 is 11.9 Å². The van der Waals surface area contributed by atoms with Crippen molar-refractivity contribution in [2.45, 2.75) is 0 Å². The van der Waals surface area contributed by atoms with Gasteiger partial charge in [-0.05, 0) is 54.6 Å². The van der Waals surface area contributed by atoms with Gasteiger partial charge in [-0.1, -0.05) is 0 Å². The van der Waals surface area contributed by atoms with E-state index in [0.29, 0.717) is 22.5 Å². The molecule has 0 saturated carbocycles. The molecular weight excluding hydrogens is 358 g/mol. The Bertz CT molecular complexity index is 1040. The Morgan fingerprint density at radius 3 is 2.32 bits per heavy atom. The average Bonchev–Trinajstić information content (AvgIpc) is 2.74. The monoisotopic (exact) mass is 373 g/mol. The molecule has 0 saturated heterocycles. The number of hydrogen-bond donors (Lipinski definition) is 2. The quantitative estimate of drug-likeness (QED) is 0.660. The lowest BCUT2D eigenvalue weighted by molar-refractivity contribution is 0.0600. The first-order chi connectivity index (χ1) is 13.6. The van der Waals surface area contributed by atoms with Gasteiger partial charge in [0.1, 0.15) is 5.69 Å². The number of benzene rings is 2. The van der Waals surface area contributed by atoms with Crippen molar-refractivity contribution >= 4 is 29.2 Å². The highest BCUT2D eigenvalue weighted by molar-refractivity contribution is 6.03. The summed E-state index contributed by atoms with van der Waals surface area (Å²) in [7, 11) is 1.30. The highest BCUT2D eigenvalue weighted by Crippen LogP contribution is 2.15. The third-order valence-corrected chi connectivity index (χ3v) is 3.72. The van der Waals surface area contributed by atoms with Crippen molar-refractivity contribution in [2.24, 2.45) is 0 Å². The lowest BCUT2D eigenvalue weighted by atomic mass is 10.2. The summed E-state index contributed by atoms with van der Waals surface area (Å²) in [6.45, 7) is 0. The van der Waals surface area contributed by atoms with Crippen molar-refractivity contribution in [3.05, 3.63) is 77.6 Å². The van der Waals surface area contributed by atoms with Gasteiger partial charge in [0.15, 0.2) is 0 Å². The molecule has 0 radical (unpaired) electrons. The Hall–Kier alpha value is -4.25. The van der Waals surface area contributed by atoms with Crippen LogP contribution >= 0.6 is 0 Å². The zero-order valence-corrected chi connectivity index (χ0v) is 14.8. The van der Waals surface area contributed by atoms with Gasteiger partial charge in [0.2, 0.25) is 5.95 Å². The number of hydrogen-bond acceptors (Lipinski definition) is 7. The first-order valence-electron chi connectivity index (χ1n) is 8.19. The van der Waals surface area contributed by atoms with Crippen LogP contribution in [0.25, 0.3) is 0 Å². The van der Waals surface area contributed by atoms with E-state index in [4.69, 9.17) is 5.26 Å². The Kier molecular flexibility index (Phi) is 5.58. The predicted octanol–water partition coefficient (Wildman–Crippen LogP) is 3.13. The van der Waals surface area contributed by atoms with Crippen LogP contribution in [-0.4, -0.2) is 29.0 Å². The second-order valence-electron chi connectivity index (χ2n) is 5.60. The molecule has 0 spiro atoms. The van der Waals surface area contributed by atoms with Crippen LogP contribution < -0.4 is 10.6 Å². The molecule has 0 fully saturated rings. The average molecular weight is 373 g/mol. The van der Waals surface area contributed by atoms with Crippen LogP contribution in [0.2, 0.25) is 0 Å². The fourth-order valence-electron chi connectivity index (χ4n) is 2.31. The zero-order chi connectivity index (χ0) is 19.9. The van der Waals surface area contributed by atoms with Gasteiger partial charge in [0.25, 0.3) is 5.91 Å². The van der Waals surface area contributed by atoms with Crippen LogP contribution in [0, 0.1) is 11.3 Å². The molecule has 8 heteroatoms. The van der Waals surface area contributed by atoms with Gasteiger partial charge in [-0.2, -0.15) is 5.26 Å². The van der Waals surface area contributed by atoms with Crippen LogP contribution in [-0.2, 0) is 4.74 Å². The lowest BCUT2D eigenvalue weighted by Gasteiger charge is -2.08. The molecule has 0 aliphatic carbocycles. The number of aromatic nitrogens is 2. The van der Waals surface area contributed by atoms with Crippen molar-refractivity contribution < 1.29 is 14.3 Å². The van der Waals surface area contributed by atoms with Crippen LogP contribution in [0.3, 0.4) is 0 Å². The smallest absolute Gasteiger partial charge is 0.337 e. The van der Waals surface area contributed by atoms with Crippen LogP contribution in [0.4, 0.5) is 17.3 Å². The third kappa shape index (κ3) is 4.47. The van der Waals surface area contributed by atoms with E-state index >= 15 is 0 Å². The number of carbonyl (C=O) groups is 2. The van der Waals surface area contributed by atoms with Crippen molar-refractivity contribution in [3.63, 3.8) is 0 Å². The van der Waals surface area contributed by atoms with Crippen molar-refractivity contribution in [1.82, 2.24) is 9.97 Å². The summed E-state index contributed by atoms with van der Waals surface area (Å²) in [5.41, 5.74) is 2.30. The van der Waals surface area contributed by atoms with Gasteiger partial charge < -0.3 is 15.4 Å². The Morgan fingerprint density at radius 1 is 1.00 bits per heavy atom. The number of amides is 1. The molecule has 2 N–H and O–H groups in total. The van der Waals surface area contributed by atoms with Gasteiger partial charge in [0, 0.05) is 17.6 Å². The predicted molar refractivity (Wildman–Crippen MR) is 102 cm³/mol. The maximum Gasteiger partial charge on any atom is 0.337 e. The number of carbonyl (C=O) groups excluding carboxylic acids is 2.